The molecule has 188 valence electrons. The lowest BCUT2D eigenvalue weighted by atomic mass is 10.0. The maximum absolute atomic E-state index is 12.7. The fraction of sp³-hybridized carbons (Fsp3) is 0.308. The zero-order valence-corrected chi connectivity index (χ0v) is 21.2. The van der Waals surface area contributed by atoms with E-state index in [0.29, 0.717) is 36.9 Å². The van der Waals surface area contributed by atoms with Gasteiger partial charge in [0, 0.05) is 36.1 Å². The first kappa shape index (κ1) is 25.5. The van der Waals surface area contributed by atoms with Crippen LogP contribution in [0.3, 0.4) is 0 Å². The number of nitrogens with two attached hydrogens (primary N) is 1. The van der Waals surface area contributed by atoms with Crippen molar-refractivity contribution in [3.8, 4) is 0 Å². The first-order valence-electron chi connectivity index (χ1n) is 11.9. The molecule has 36 heavy (non-hydrogen) atoms. The van der Waals surface area contributed by atoms with E-state index in [1.807, 2.05) is 40.5 Å². The SMILES string of the molecule is C=CS(=O)N1CCCC[C@H]1C(=NCc1ccc(C(=O)Nc2ccccn2)cc1C)N1C=CN=C(N)C1. The number of aromatic nitrogens is 1. The molecule has 2 aromatic rings. The van der Waals surface area contributed by atoms with Crippen LogP contribution in [-0.4, -0.2) is 55.1 Å². The molecular weight excluding hydrogens is 474 g/mol. The average Bonchev–Trinajstić information content (AvgIpc) is 2.90. The number of pyridine rings is 1. The Labute approximate surface area is 214 Å². The summed E-state index contributed by atoms with van der Waals surface area (Å²) < 4.78 is 14.7. The highest BCUT2D eigenvalue weighted by Crippen LogP contribution is 2.24. The lowest BCUT2D eigenvalue weighted by molar-refractivity contribution is 0.102. The van der Waals surface area contributed by atoms with Crippen LogP contribution >= 0.6 is 0 Å². The second kappa shape index (κ2) is 11.9. The van der Waals surface area contributed by atoms with Crippen molar-refractivity contribution in [3.63, 3.8) is 0 Å². The largest absolute Gasteiger partial charge is 0.386 e. The Balaban J connectivity index is 1.57. The number of aliphatic imine (C=N–C) groups is 2. The van der Waals surface area contributed by atoms with Crippen LogP contribution in [0.4, 0.5) is 5.82 Å². The van der Waals surface area contributed by atoms with E-state index in [2.05, 4.69) is 21.9 Å². The van der Waals surface area contributed by atoms with E-state index in [4.69, 9.17) is 10.7 Å². The van der Waals surface area contributed by atoms with Crippen LogP contribution in [0.5, 0.6) is 0 Å². The molecule has 0 saturated carbocycles. The van der Waals surface area contributed by atoms with E-state index >= 15 is 0 Å². The van der Waals surface area contributed by atoms with Crippen LogP contribution < -0.4 is 11.1 Å². The lowest BCUT2D eigenvalue weighted by Gasteiger charge is -2.38. The number of hydrogen-bond donors (Lipinski definition) is 2. The summed E-state index contributed by atoms with van der Waals surface area (Å²) in [7, 11) is -1.30. The number of carbonyl (C=O) groups excluding carboxylic acids is 1. The summed E-state index contributed by atoms with van der Waals surface area (Å²) in [4.78, 5) is 27.9. The third kappa shape index (κ3) is 6.13. The summed E-state index contributed by atoms with van der Waals surface area (Å²) in [6, 6.07) is 10.8. The highest BCUT2D eigenvalue weighted by atomic mass is 32.2. The van der Waals surface area contributed by atoms with Gasteiger partial charge in [-0.1, -0.05) is 25.1 Å². The molecule has 3 heterocycles. The van der Waals surface area contributed by atoms with Gasteiger partial charge in [-0.2, -0.15) is 0 Å². The summed E-state index contributed by atoms with van der Waals surface area (Å²) in [5.74, 6) is 1.59. The quantitative estimate of drug-likeness (QED) is 0.442. The third-order valence-corrected chi connectivity index (χ3v) is 7.35. The highest BCUT2D eigenvalue weighted by molar-refractivity contribution is 7.85. The molecule has 10 heteroatoms. The average molecular weight is 506 g/mol. The van der Waals surface area contributed by atoms with Crippen LogP contribution in [0.25, 0.3) is 0 Å². The van der Waals surface area contributed by atoms with Gasteiger partial charge in [-0.25, -0.2) is 18.5 Å². The van der Waals surface area contributed by atoms with E-state index in [9.17, 15) is 9.00 Å². The zero-order valence-electron chi connectivity index (χ0n) is 20.3. The van der Waals surface area contributed by atoms with Gasteiger partial charge in [-0.15, -0.1) is 0 Å². The predicted octanol–water partition coefficient (Wildman–Crippen LogP) is 3.35. The smallest absolute Gasteiger partial charge is 0.256 e. The minimum Gasteiger partial charge on any atom is -0.386 e. The molecule has 1 aromatic carbocycles. The first-order chi connectivity index (χ1) is 17.5. The number of amides is 1. The minimum atomic E-state index is -1.30. The number of aryl methyl sites for hydroxylation is 1. The van der Waals surface area contributed by atoms with Crippen molar-refractivity contribution in [2.45, 2.75) is 38.8 Å². The van der Waals surface area contributed by atoms with Crippen LogP contribution in [0.15, 0.2) is 77.0 Å². The Bertz CT molecular complexity index is 1230. The predicted molar refractivity (Wildman–Crippen MR) is 145 cm³/mol. The van der Waals surface area contributed by atoms with E-state index in [1.54, 1.807) is 30.6 Å². The van der Waals surface area contributed by atoms with Crippen LogP contribution in [-0.2, 0) is 17.5 Å². The normalized spacial score (nSPS) is 19.5. The second-order valence-corrected chi connectivity index (χ2v) is 9.98. The van der Waals surface area contributed by atoms with E-state index in [1.165, 1.54) is 5.41 Å². The summed E-state index contributed by atoms with van der Waals surface area (Å²) in [6.45, 7) is 7.23. The molecule has 2 atom stereocenters. The molecule has 4 rings (SSSR count). The van der Waals surface area contributed by atoms with Gasteiger partial charge < -0.3 is 16.0 Å². The molecule has 1 aromatic heterocycles. The van der Waals surface area contributed by atoms with Gasteiger partial charge in [-0.3, -0.25) is 9.79 Å². The number of rotatable bonds is 7. The van der Waals surface area contributed by atoms with Crippen molar-refractivity contribution in [3.05, 3.63) is 83.7 Å². The molecule has 0 radical (unpaired) electrons. The molecule has 0 bridgehead atoms. The molecule has 3 N–H and O–H groups in total. The molecule has 2 aliphatic rings. The zero-order chi connectivity index (χ0) is 25.5. The summed E-state index contributed by atoms with van der Waals surface area (Å²) in [5.41, 5.74) is 8.52. The second-order valence-electron chi connectivity index (χ2n) is 8.63. The topological polar surface area (TPSA) is 116 Å². The van der Waals surface area contributed by atoms with Crippen LogP contribution in [0.1, 0.15) is 40.7 Å². The molecule has 1 amide bonds. The van der Waals surface area contributed by atoms with E-state index in [-0.39, 0.29) is 11.9 Å². The van der Waals surface area contributed by atoms with Gasteiger partial charge in [0.1, 0.15) is 28.5 Å². The summed E-state index contributed by atoms with van der Waals surface area (Å²) in [5, 5.41) is 4.28. The summed E-state index contributed by atoms with van der Waals surface area (Å²) in [6.07, 6.45) is 7.99. The van der Waals surface area contributed by atoms with Crippen LogP contribution in [0.2, 0.25) is 0 Å². The number of piperidine rings is 1. The molecule has 1 unspecified atom stereocenters. The molecule has 2 aliphatic heterocycles. The number of amidine groups is 2. The number of nitrogens with one attached hydrogen (secondary N) is 1. The molecule has 0 spiro atoms. The number of benzene rings is 1. The maximum Gasteiger partial charge on any atom is 0.256 e. The standard InChI is InChI=1S/C26H31N7O2S/c1-3-36(35)33-14-7-5-8-22(33)25(32-15-13-28-23(27)18-32)30-17-21-11-10-20(16-19(21)2)26(34)31-24-9-4-6-12-29-24/h3-4,6,9-13,15-16,22H,1,5,7-8,14,17-18H2,2H3,(H2,27,28)(H,29,31,34)/t22-,36?/m0/s1. The number of anilines is 1. The van der Waals surface area contributed by atoms with Crippen LogP contribution in [0, 0.1) is 6.92 Å². The van der Waals surface area contributed by atoms with Crippen molar-refractivity contribution in [1.82, 2.24) is 14.2 Å². The summed E-state index contributed by atoms with van der Waals surface area (Å²) >= 11 is 0. The molecular formula is C26H31N7O2S. The Morgan fingerprint density at radius 1 is 1.33 bits per heavy atom. The Kier molecular flexibility index (Phi) is 8.40. The van der Waals surface area contributed by atoms with Gasteiger partial charge in [0.05, 0.1) is 19.1 Å². The highest BCUT2D eigenvalue weighted by Gasteiger charge is 2.33. The van der Waals surface area contributed by atoms with Crippen molar-refractivity contribution < 1.29 is 9.00 Å². The van der Waals surface area contributed by atoms with Gasteiger partial charge in [0.15, 0.2) is 0 Å². The minimum absolute atomic E-state index is 0.128. The molecule has 1 fully saturated rings. The number of hydrogen-bond acceptors (Lipinski definition) is 6. The Hall–Kier alpha value is -3.63. The molecule has 1 saturated heterocycles. The monoisotopic (exact) mass is 505 g/mol. The molecule has 0 aliphatic carbocycles. The number of carbonyl (C=O) groups is 1. The molecule has 9 nitrogen and oxygen atoms in total. The van der Waals surface area contributed by atoms with Gasteiger partial charge in [-0.05, 0) is 55.2 Å². The first-order valence-corrected chi connectivity index (χ1v) is 13.0. The lowest BCUT2D eigenvalue weighted by Crippen LogP contribution is -2.51. The van der Waals surface area contributed by atoms with Gasteiger partial charge in [0.25, 0.3) is 5.91 Å². The van der Waals surface area contributed by atoms with Crippen molar-refractivity contribution in [1.29, 1.82) is 0 Å². The van der Waals surface area contributed by atoms with Crippen molar-refractivity contribution in [2.24, 2.45) is 15.7 Å². The van der Waals surface area contributed by atoms with E-state index < -0.39 is 11.0 Å². The van der Waals surface area contributed by atoms with Crippen molar-refractivity contribution in [2.75, 3.05) is 18.4 Å². The van der Waals surface area contributed by atoms with Gasteiger partial charge >= 0.3 is 0 Å². The fourth-order valence-electron chi connectivity index (χ4n) is 4.30. The van der Waals surface area contributed by atoms with Crippen molar-refractivity contribution >= 4 is 34.4 Å². The third-order valence-electron chi connectivity index (χ3n) is 6.16. The number of nitrogens with zero attached hydrogens (tertiary/aromatic N) is 5. The van der Waals surface area contributed by atoms with Gasteiger partial charge in [0.2, 0.25) is 0 Å². The Morgan fingerprint density at radius 3 is 2.92 bits per heavy atom. The fourth-order valence-corrected chi connectivity index (χ4v) is 5.25. The Morgan fingerprint density at radius 2 is 2.19 bits per heavy atom. The maximum atomic E-state index is 12.7. The van der Waals surface area contributed by atoms with E-state index in [0.717, 1.165) is 36.2 Å².